The van der Waals surface area contributed by atoms with Crippen LogP contribution in [0, 0.1) is 6.10 Å². The van der Waals surface area contributed by atoms with Crippen LogP contribution in [0.5, 0.6) is 0 Å². The number of benzene rings is 1. The quantitative estimate of drug-likeness (QED) is 0.562. The van der Waals surface area contributed by atoms with Gasteiger partial charge >= 0.3 is 5.97 Å². The third kappa shape index (κ3) is 3.72. The molecule has 3 heteroatoms. The van der Waals surface area contributed by atoms with E-state index in [1.54, 1.807) is 26.0 Å². The van der Waals surface area contributed by atoms with Gasteiger partial charge in [0, 0.05) is 0 Å². The summed E-state index contributed by atoms with van der Waals surface area (Å²) in [4.78, 5) is 20.7. The van der Waals surface area contributed by atoms with Gasteiger partial charge in [-0.15, -0.1) is 0 Å². The summed E-state index contributed by atoms with van der Waals surface area (Å²) in [5.41, 5.74) is 1.68. The zero-order chi connectivity index (χ0) is 11.3. The second-order valence-electron chi connectivity index (χ2n) is 3.41. The lowest BCUT2D eigenvalue weighted by atomic mass is 10.1. The Hall–Kier alpha value is -1.35. The van der Waals surface area contributed by atoms with E-state index in [4.69, 9.17) is 0 Å². The summed E-state index contributed by atoms with van der Waals surface area (Å²) < 4.78 is 0. The zero-order valence-electron chi connectivity index (χ0n) is 9.24. The van der Waals surface area contributed by atoms with Crippen LogP contribution in [-0.4, -0.2) is 5.97 Å². The summed E-state index contributed by atoms with van der Waals surface area (Å²) in [6.07, 6.45) is 1.54. The topological polar surface area (TPSA) is 35.5 Å². The maximum atomic E-state index is 11.4. The van der Waals surface area contributed by atoms with E-state index >= 15 is 0 Å². The van der Waals surface area contributed by atoms with Crippen molar-refractivity contribution in [3.8, 4) is 0 Å². The third-order valence-electron chi connectivity index (χ3n) is 1.88. The van der Waals surface area contributed by atoms with E-state index in [1.165, 1.54) is 5.56 Å². The maximum Gasteiger partial charge on any atom is 0.373 e. The van der Waals surface area contributed by atoms with Crippen molar-refractivity contribution in [2.45, 2.75) is 27.2 Å². The molecule has 0 saturated carbocycles. The van der Waals surface area contributed by atoms with Crippen molar-refractivity contribution in [3.05, 3.63) is 41.5 Å². The summed E-state index contributed by atoms with van der Waals surface area (Å²) in [6, 6.07) is 7.27. The normalized spacial score (nSPS) is 10.4. The van der Waals surface area contributed by atoms with Gasteiger partial charge in [0.2, 0.25) is 0 Å². The molecule has 0 aliphatic heterocycles. The second kappa shape index (κ2) is 5.51. The molecule has 81 valence electrons. The van der Waals surface area contributed by atoms with Crippen molar-refractivity contribution in [3.63, 3.8) is 0 Å². The van der Waals surface area contributed by atoms with Gasteiger partial charge in [-0.3, -0.25) is 4.89 Å². The first-order valence-electron chi connectivity index (χ1n) is 4.91. The lowest BCUT2D eigenvalue weighted by Crippen LogP contribution is -2.07. The molecule has 0 N–H and O–H groups in total. The van der Waals surface area contributed by atoms with Crippen molar-refractivity contribution >= 4 is 5.97 Å². The van der Waals surface area contributed by atoms with E-state index in [-0.39, 0.29) is 0 Å². The van der Waals surface area contributed by atoms with Crippen LogP contribution in [-0.2, 0) is 16.2 Å². The van der Waals surface area contributed by atoms with E-state index in [0.717, 1.165) is 6.42 Å². The predicted molar refractivity (Wildman–Crippen MR) is 56.9 cm³/mol. The maximum absolute atomic E-state index is 11.4. The first-order valence-corrected chi connectivity index (χ1v) is 4.91. The van der Waals surface area contributed by atoms with Crippen molar-refractivity contribution in [1.29, 1.82) is 0 Å². The predicted octanol–water partition coefficient (Wildman–Crippen LogP) is 2.91. The Balaban J connectivity index is 2.58. The van der Waals surface area contributed by atoms with Crippen molar-refractivity contribution in [2.75, 3.05) is 0 Å². The molecule has 1 radical (unpaired) electrons. The minimum Gasteiger partial charge on any atom is -0.292 e. The standard InChI is InChI=1S/C12H15O3/c1-4-10-5-7-11(8-6-10)12(13)15-14-9(2)3/h5-8H,4H2,1-3H3. The number of hydrogen-bond donors (Lipinski definition) is 0. The van der Waals surface area contributed by atoms with Gasteiger partial charge in [-0.25, -0.2) is 4.79 Å². The molecule has 1 aromatic rings. The number of carbonyl (C=O) groups is 1. The zero-order valence-corrected chi connectivity index (χ0v) is 9.24. The molecule has 0 spiro atoms. The Kier molecular flexibility index (Phi) is 4.31. The molecule has 0 fully saturated rings. The Morgan fingerprint density at radius 1 is 1.13 bits per heavy atom. The molecular formula is C12H15O3. The van der Waals surface area contributed by atoms with Gasteiger partial charge in [0.15, 0.2) is 0 Å². The van der Waals surface area contributed by atoms with Gasteiger partial charge in [0.25, 0.3) is 0 Å². The monoisotopic (exact) mass is 207 g/mol. The number of aryl methyl sites for hydroxylation is 1. The van der Waals surface area contributed by atoms with Crippen LogP contribution in [0.15, 0.2) is 24.3 Å². The Bertz CT molecular complexity index is 314. The third-order valence-corrected chi connectivity index (χ3v) is 1.88. The fraction of sp³-hybridized carbons (Fsp3) is 0.333. The minimum absolute atomic E-state index is 0.473. The molecular weight excluding hydrogens is 192 g/mol. The summed E-state index contributed by atoms with van der Waals surface area (Å²) in [7, 11) is 0. The van der Waals surface area contributed by atoms with Crippen LogP contribution < -0.4 is 0 Å². The molecule has 0 aliphatic rings. The van der Waals surface area contributed by atoms with Gasteiger partial charge in [-0.1, -0.05) is 19.1 Å². The number of rotatable bonds is 4. The molecule has 1 aromatic carbocycles. The molecule has 0 amide bonds. The molecule has 1 rings (SSSR count). The van der Waals surface area contributed by atoms with Crippen LogP contribution in [0.4, 0.5) is 0 Å². The molecule has 0 aliphatic carbocycles. The molecule has 0 atom stereocenters. The van der Waals surface area contributed by atoms with Gasteiger partial charge < -0.3 is 0 Å². The summed E-state index contributed by atoms with van der Waals surface area (Å²) in [6.45, 7) is 5.49. The second-order valence-corrected chi connectivity index (χ2v) is 3.41. The van der Waals surface area contributed by atoms with Gasteiger partial charge in [-0.05, 0) is 38.0 Å². The van der Waals surface area contributed by atoms with Crippen LogP contribution in [0.3, 0.4) is 0 Å². The first kappa shape index (κ1) is 11.7. The molecule has 0 saturated heterocycles. The van der Waals surface area contributed by atoms with E-state index in [2.05, 4.69) is 16.7 Å². The van der Waals surface area contributed by atoms with Crippen LogP contribution in [0.1, 0.15) is 36.7 Å². The van der Waals surface area contributed by atoms with Crippen LogP contribution in [0.2, 0.25) is 0 Å². The lowest BCUT2D eigenvalue weighted by molar-refractivity contribution is -0.229. The van der Waals surface area contributed by atoms with E-state index in [9.17, 15) is 4.79 Å². The highest BCUT2D eigenvalue weighted by Crippen LogP contribution is 2.08. The highest BCUT2D eigenvalue weighted by molar-refractivity contribution is 5.88. The fourth-order valence-corrected chi connectivity index (χ4v) is 1.05. The highest BCUT2D eigenvalue weighted by Gasteiger charge is 2.09. The summed E-state index contributed by atoms with van der Waals surface area (Å²) in [5, 5.41) is 0. The van der Waals surface area contributed by atoms with Crippen molar-refractivity contribution in [1.82, 2.24) is 0 Å². The molecule has 3 nitrogen and oxygen atoms in total. The SMILES string of the molecule is CCc1ccc(C(=O)OO[C](C)C)cc1. The molecule has 15 heavy (non-hydrogen) atoms. The Morgan fingerprint density at radius 3 is 2.20 bits per heavy atom. The smallest absolute Gasteiger partial charge is 0.292 e. The summed E-state index contributed by atoms with van der Waals surface area (Å²) >= 11 is 0. The van der Waals surface area contributed by atoms with Gasteiger partial charge in [0.05, 0.1) is 5.56 Å². The average molecular weight is 207 g/mol. The molecule has 0 heterocycles. The van der Waals surface area contributed by atoms with E-state index in [1.807, 2.05) is 12.1 Å². The number of carbonyl (C=O) groups excluding carboxylic acids is 1. The highest BCUT2D eigenvalue weighted by atomic mass is 17.2. The minimum atomic E-state index is -0.473. The lowest BCUT2D eigenvalue weighted by Gasteiger charge is -2.05. The molecule has 0 unspecified atom stereocenters. The largest absolute Gasteiger partial charge is 0.373 e. The average Bonchev–Trinajstić information content (AvgIpc) is 2.26. The van der Waals surface area contributed by atoms with Crippen molar-refractivity contribution < 1.29 is 14.6 Å². The van der Waals surface area contributed by atoms with E-state index in [0.29, 0.717) is 11.7 Å². The number of hydrogen-bond acceptors (Lipinski definition) is 3. The summed E-state index contributed by atoms with van der Waals surface area (Å²) in [5.74, 6) is -0.473. The molecule has 0 aromatic heterocycles. The van der Waals surface area contributed by atoms with Crippen LogP contribution in [0.25, 0.3) is 0 Å². The Labute approximate surface area is 89.9 Å². The Morgan fingerprint density at radius 2 is 1.73 bits per heavy atom. The van der Waals surface area contributed by atoms with E-state index < -0.39 is 5.97 Å². The van der Waals surface area contributed by atoms with Gasteiger partial charge in [0.1, 0.15) is 6.10 Å². The van der Waals surface area contributed by atoms with Crippen LogP contribution >= 0.6 is 0 Å². The molecule has 0 bridgehead atoms. The first-order chi connectivity index (χ1) is 7.13. The van der Waals surface area contributed by atoms with Gasteiger partial charge in [-0.2, -0.15) is 4.89 Å². The fourth-order valence-electron chi connectivity index (χ4n) is 1.05. The van der Waals surface area contributed by atoms with Crippen molar-refractivity contribution in [2.24, 2.45) is 0 Å².